The zero-order valence-corrected chi connectivity index (χ0v) is 8.75. The van der Waals surface area contributed by atoms with E-state index in [1.54, 1.807) is 0 Å². The predicted octanol–water partition coefficient (Wildman–Crippen LogP) is 1.56. The second-order valence-electron chi connectivity index (χ2n) is 4.22. The molecule has 1 fully saturated rings. The van der Waals surface area contributed by atoms with Gasteiger partial charge in [-0.15, -0.1) is 0 Å². The molecular formula is C12H17NO. The molecule has 1 aliphatic heterocycles. The van der Waals surface area contributed by atoms with Crippen LogP contribution in [-0.2, 0) is 5.60 Å². The molecule has 14 heavy (non-hydrogen) atoms. The Bertz CT molecular complexity index is 320. The molecular weight excluding hydrogens is 174 g/mol. The van der Waals surface area contributed by atoms with Crippen LogP contribution in [-0.4, -0.2) is 17.7 Å². The number of nitrogens with one attached hydrogen (secondary N) is 1. The minimum atomic E-state index is -0.673. The molecule has 0 radical (unpaired) electrons. The van der Waals surface area contributed by atoms with Crippen molar-refractivity contribution >= 4 is 0 Å². The molecule has 1 aliphatic rings. The van der Waals surface area contributed by atoms with Crippen LogP contribution in [0, 0.1) is 6.92 Å². The Morgan fingerprint density at radius 1 is 1.36 bits per heavy atom. The van der Waals surface area contributed by atoms with Crippen molar-refractivity contribution in [2.75, 3.05) is 6.54 Å². The summed E-state index contributed by atoms with van der Waals surface area (Å²) in [6, 6.07) is 8.30. The molecule has 1 heterocycles. The summed E-state index contributed by atoms with van der Waals surface area (Å²) in [5, 5.41) is 13.7. The van der Waals surface area contributed by atoms with Gasteiger partial charge in [-0.2, -0.15) is 0 Å². The smallest absolute Gasteiger partial charge is 0.106 e. The van der Waals surface area contributed by atoms with Crippen molar-refractivity contribution in [1.82, 2.24) is 5.32 Å². The van der Waals surface area contributed by atoms with Gasteiger partial charge in [0.1, 0.15) is 5.60 Å². The lowest BCUT2D eigenvalue weighted by atomic mass is 9.87. The number of hydrogen-bond acceptors (Lipinski definition) is 2. The molecule has 1 aromatic rings. The molecule has 0 saturated carbocycles. The van der Waals surface area contributed by atoms with Gasteiger partial charge in [0.15, 0.2) is 0 Å². The van der Waals surface area contributed by atoms with Crippen LogP contribution in [0.3, 0.4) is 0 Å². The van der Waals surface area contributed by atoms with E-state index in [4.69, 9.17) is 0 Å². The minimum Gasteiger partial charge on any atom is -0.383 e. The molecule has 2 rings (SSSR count). The Labute approximate surface area is 85.0 Å². The summed E-state index contributed by atoms with van der Waals surface area (Å²) in [5.74, 6) is 0. The van der Waals surface area contributed by atoms with E-state index in [9.17, 15) is 5.11 Å². The molecule has 2 unspecified atom stereocenters. The maximum absolute atomic E-state index is 10.5. The maximum Gasteiger partial charge on any atom is 0.106 e. The zero-order valence-electron chi connectivity index (χ0n) is 8.75. The van der Waals surface area contributed by atoms with Gasteiger partial charge < -0.3 is 10.4 Å². The first-order valence-corrected chi connectivity index (χ1v) is 5.16. The van der Waals surface area contributed by atoms with E-state index in [1.165, 1.54) is 5.56 Å². The summed E-state index contributed by atoms with van der Waals surface area (Å²) in [7, 11) is 0. The lowest BCUT2D eigenvalue weighted by molar-refractivity contribution is 0.0293. The number of aryl methyl sites for hydroxylation is 1. The standard InChI is InChI=1S/C12H17NO/c1-9-3-5-11(6-4-9)12(14)7-8-13-10(12)2/h3-6,10,13-14H,7-8H2,1-2H3. The third-order valence-corrected chi connectivity index (χ3v) is 3.22. The van der Waals surface area contributed by atoms with Gasteiger partial charge in [-0.3, -0.25) is 0 Å². The van der Waals surface area contributed by atoms with Crippen LogP contribution in [0.15, 0.2) is 24.3 Å². The number of rotatable bonds is 1. The Kier molecular flexibility index (Phi) is 2.33. The third-order valence-electron chi connectivity index (χ3n) is 3.22. The molecule has 0 spiro atoms. The fourth-order valence-corrected chi connectivity index (χ4v) is 2.10. The van der Waals surface area contributed by atoms with E-state index >= 15 is 0 Å². The highest BCUT2D eigenvalue weighted by atomic mass is 16.3. The van der Waals surface area contributed by atoms with Crippen LogP contribution < -0.4 is 5.32 Å². The van der Waals surface area contributed by atoms with Crippen molar-refractivity contribution in [3.63, 3.8) is 0 Å². The summed E-state index contributed by atoms with van der Waals surface area (Å²) >= 11 is 0. The fraction of sp³-hybridized carbons (Fsp3) is 0.500. The lowest BCUT2D eigenvalue weighted by Gasteiger charge is -2.27. The quantitative estimate of drug-likeness (QED) is 0.706. The molecule has 2 atom stereocenters. The summed E-state index contributed by atoms with van der Waals surface area (Å²) in [4.78, 5) is 0. The Hall–Kier alpha value is -0.860. The molecule has 76 valence electrons. The maximum atomic E-state index is 10.5. The summed E-state index contributed by atoms with van der Waals surface area (Å²) in [5.41, 5.74) is 1.59. The van der Waals surface area contributed by atoms with Crippen LogP contribution >= 0.6 is 0 Å². The van der Waals surface area contributed by atoms with Gasteiger partial charge in [-0.05, 0) is 32.4 Å². The average Bonchev–Trinajstić information content (AvgIpc) is 2.49. The highest BCUT2D eigenvalue weighted by molar-refractivity contribution is 5.29. The van der Waals surface area contributed by atoms with Gasteiger partial charge in [0, 0.05) is 6.04 Å². The Morgan fingerprint density at radius 3 is 2.50 bits per heavy atom. The van der Waals surface area contributed by atoms with Crippen LogP contribution in [0.5, 0.6) is 0 Å². The SMILES string of the molecule is Cc1ccc(C2(O)CCNC2C)cc1. The van der Waals surface area contributed by atoms with Gasteiger partial charge in [0.2, 0.25) is 0 Å². The highest BCUT2D eigenvalue weighted by Crippen LogP contribution is 2.32. The van der Waals surface area contributed by atoms with E-state index in [0.29, 0.717) is 0 Å². The van der Waals surface area contributed by atoms with Gasteiger partial charge >= 0.3 is 0 Å². The van der Waals surface area contributed by atoms with Gasteiger partial charge in [0.05, 0.1) is 0 Å². The Morgan fingerprint density at radius 2 is 2.00 bits per heavy atom. The fourth-order valence-electron chi connectivity index (χ4n) is 2.10. The van der Waals surface area contributed by atoms with Crippen molar-refractivity contribution in [2.45, 2.75) is 31.9 Å². The first kappa shape index (κ1) is 9.69. The van der Waals surface area contributed by atoms with E-state index in [1.807, 2.05) is 19.1 Å². The lowest BCUT2D eigenvalue weighted by Crippen LogP contribution is -2.37. The molecule has 1 saturated heterocycles. The van der Waals surface area contributed by atoms with E-state index < -0.39 is 5.60 Å². The molecule has 0 amide bonds. The van der Waals surface area contributed by atoms with Crippen LogP contribution in [0.25, 0.3) is 0 Å². The average molecular weight is 191 g/mol. The Balaban J connectivity index is 2.34. The normalized spacial score (nSPS) is 32.1. The van der Waals surface area contributed by atoms with Crippen molar-refractivity contribution in [3.8, 4) is 0 Å². The minimum absolute atomic E-state index is 0.144. The molecule has 0 aliphatic carbocycles. The first-order valence-electron chi connectivity index (χ1n) is 5.16. The molecule has 0 bridgehead atoms. The molecule has 2 nitrogen and oxygen atoms in total. The van der Waals surface area contributed by atoms with Crippen LogP contribution in [0.2, 0.25) is 0 Å². The number of aliphatic hydroxyl groups is 1. The molecule has 0 aromatic heterocycles. The van der Waals surface area contributed by atoms with E-state index in [2.05, 4.69) is 24.4 Å². The van der Waals surface area contributed by atoms with Crippen molar-refractivity contribution in [3.05, 3.63) is 35.4 Å². The van der Waals surface area contributed by atoms with Crippen molar-refractivity contribution < 1.29 is 5.11 Å². The first-order chi connectivity index (χ1) is 6.63. The summed E-state index contributed by atoms with van der Waals surface area (Å²) in [6.07, 6.45) is 0.803. The number of hydrogen-bond donors (Lipinski definition) is 2. The van der Waals surface area contributed by atoms with Gasteiger partial charge in [-0.1, -0.05) is 29.8 Å². The summed E-state index contributed by atoms with van der Waals surface area (Å²) in [6.45, 7) is 4.99. The van der Waals surface area contributed by atoms with Crippen molar-refractivity contribution in [2.24, 2.45) is 0 Å². The second-order valence-corrected chi connectivity index (χ2v) is 4.22. The monoisotopic (exact) mass is 191 g/mol. The predicted molar refractivity (Wildman–Crippen MR) is 57.2 cm³/mol. The molecule has 2 N–H and O–H groups in total. The highest BCUT2D eigenvalue weighted by Gasteiger charge is 2.39. The number of benzene rings is 1. The van der Waals surface area contributed by atoms with Crippen LogP contribution in [0.4, 0.5) is 0 Å². The largest absolute Gasteiger partial charge is 0.383 e. The molecule has 2 heteroatoms. The van der Waals surface area contributed by atoms with E-state index in [-0.39, 0.29) is 6.04 Å². The summed E-state index contributed by atoms with van der Waals surface area (Å²) < 4.78 is 0. The van der Waals surface area contributed by atoms with E-state index in [0.717, 1.165) is 18.5 Å². The van der Waals surface area contributed by atoms with Crippen LogP contribution in [0.1, 0.15) is 24.5 Å². The third kappa shape index (κ3) is 1.45. The van der Waals surface area contributed by atoms with Gasteiger partial charge in [0.25, 0.3) is 0 Å². The van der Waals surface area contributed by atoms with Gasteiger partial charge in [-0.25, -0.2) is 0 Å². The topological polar surface area (TPSA) is 32.3 Å². The molecule has 1 aromatic carbocycles. The zero-order chi connectivity index (χ0) is 10.2. The van der Waals surface area contributed by atoms with Crippen molar-refractivity contribution in [1.29, 1.82) is 0 Å². The second kappa shape index (κ2) is 3.37.